The Morgan fingerprint density at radius 3 is 2.72 bits per heavy atom. The lowest BCUT2D eigenvalue weighted by Gasteiger charge is -2.18. The van der Waals surface area contributed by atoms with Crippen molar-refractivity contribution in [1.29, 1.82) is 0 Å². The van der Waals surface area contributed by atoms with Crippen LogP contribution in [0.3, 0.4) is 0 Å². The molecular weight excluding hydrogens is 298 g/mol. The van der Waals surface area contributed by atoms with Gasteiger partial charge in [-0.25, -0.2) is 5.48 Å². The van der Waals surface area contributed by atoms with Gasteiger partial charge >= 0.3 is 0 Å². The molecule has 0 atom stereocenters. The van der Waals surface area contributed by atoms with Gasteiger partial charge in [-0.2, -0.15) is 0 Å². The van der Waals surface area contributed by atoms with E-state index in [0.717, 1.165) is 28.6 Å². The lowest BCUT2D eigenvalue weighted by Crippen LogP contribution is -2.13. The van der Waals surface area contributed by atoms with E-state index in [1.807, 2.05) is 12.1 Å². The number of benzene rings is 1. The van der Waals surface area contributed by atoms with Crippen molar-refractivity contribution in [2.24, 2.45) is 0 Å². The van der Waals surface area contributed by atoms with Gasteiger partial charge in [0.1, 0.15) is 0 Å². The van der Waals surface area contributed by atoms with E-state index in [1.54, 1.807) is 7.11 Å². The Hall–Kier alpha value is -0.780. The van der Waals surface area contributed by atoms with Gasteiger partial charge in [0.25, 0.3) is 0 Å². The van der Waals surface area contributed by atoms with Crippen LogP contribution < -0.4 is 15.0 Å². The summed E-state index contributed by atoms with van der Waals surface area (Å²) in [6.45, 7) is 0.374. The number of halogens is 1. The van der Waals surface area contributed by atoms with Crippen LogP contribution in [0, 0.1) is 0 Å². The summed E-state index contributed by atoms with van der Waals surface area (Å²) < 4.78 is 12.2. The molecule has 1 aliphatic carbocycles. The third kappa shape index (κ3) is 3.16. The molecule has 1 aromatic carbocycles. The highest BCUT2D eigenvalue weighted by molar-refractivity contribution is 9.10. The van der Waals surface area contributed by atoms with Crippen LogP contribution in [0.1, 0.15) is 31.2 Å². The molecule has 0 aromatic heterocycles. The lowest BCUT2D eigenvalue weighted by atomic mass is 10.2. The van der Waals surface area contributed by atoms with Crippen molar-refractivity contribution in [2.75, 3.05) is 7.11 Å². The number of hydrogen-bond donors (Lipinski definition) is 2. The molecular formula is C13H18BrNO3. The van der Waals surface area contributed by atoms with Crippen LogP contribution in [0.15, 0.2) is 16.6 Å². The average molecular weight is 316 g/mol. The fourth-order valence-corrected chi connectivity index (χ4v) is 2.84. The molecule has 0 radical (unpaired) electrons. The van der Waals surface area contributed by atoms with Crippen molar-refractivity contribution < 1.29 is 14.7 Å². The number of methoxy groups -OCH3 is 1. The van der Waals surface area contributed by atoms with E-state index in [4.69, 9.17) is 14.7 Å². The highest BCUT2D eigenvalue weighted by Gasteiger charge is 2.20. The zero-order valence-corrected chi connectivity index (χ0v) is 12.0. The minimum absolute atomic E-state index is 0.289. The average Bonchev–Trinajstić information content (AvgIpc) is 2.85. The summed E-state index contributed by atoms with van der Waals surface area (Å²) in [4.78, 5) is 0. The van der Waals surface area contributed by atoms with Crippen LogP contribution in [-0.4, -0.2) is 18.4 Å². The summed E-state index contributed by atoms with van der Waals surface area (Å²) in [5.74, 6) is 1.45. The fourth-order valence-electron chi connectivity index (χ4n) is 2.25. The van der Waals surface area contributed by atoms with Crippen LogP contribution in [0.5, 0.6) is 11.5 Å². The first-order valence-corrected chi connectivity index (χ1v) is 6.94. The highest BCUT2D eigenvalue weighted by atomic mass is 79.9. The molecule has 0 saturated heterocycles. The van der Waals surface area contributed by atoms with Crippen molar-refractivity contribution >= 4 is 15.9 Å². The van der Waals surface area contributed by atoms with E-state index in [2.05, 4.69) is 21.4 Å². The summed E-state index contributed by atoms with van der Waals surface area (Å²) in [6, 6.07) is 3.80. The molecule has 0 bridgehead atoms. The molecule has 5 heteroatoms. The SMILES string of the molecule is COc1cc(CNO)cc(Br)c1OC1CCCC1. The predicted molar refractivity (Wildman–Crippen MR) is 72.2 cm³/mol. The lowest BCUT2D eigenvalue weighted by molar-refractivity contribution is 0.161. The molecule has 2 N–H and O–H groups in total. The summed E-state index contributed by atoms with van der Waals surface area (Å²) >= 11 is 3.50. The first-order valence-electron chi connectivity index (χ1n) is 6.14. The standard InChI is InChI=1S/C13H18BrNO3/c1-17-12-7-9(8-15-16)6-11(14)13(12)18-10-4-2-3-5-10/h6-7,10,15-16H,2-5,8H2,1H3. The Morgan fingerprint density at radius 1 is 1.39 bits per heavy atom. The molecule has 0 unspecified atom stereocenters. The van der Waals surface area contributed by atoms with Gasteiger partial charge in [0.05, 0.1) is 17.7 Å². The van der Waals surface area contributed by atoms with Gasteiger partial charge in [0.15, 0.2) is 11.5 Å². The molecule has 18 heavy (non-hydrogen) atoms. The predicted octanol–water partition coefficient (Wildman–Crippen LogP) is 3.26. The number of nitrogens with one attached hydrogen (secondary N) is 1. The Morgan fingerprint density at radius 2 is 2.11 bits per heavy atom. The second kappa shape index (κ2) is 6.41. The van der Waals surface area contributed by atoms with Crippen LogP contribution in [0.2, 0.25) is 0 Å². The molecule has 0 aliphatic heterocycles. The van der Waals surface area contributed by atoms with E-state index >= 15 is 0 Å². The van der Waals surface area contributed by atoms with Crippen LogP contribution in [-0.2, 0) is 6.54 Å². The van der Waals surface area contributed by atoms with E-state index in [0.29, 0.717) is 12.3 Å². The first-order chi connectivity index (χ1) is 8.74. The van der Waals surface area contributed by atoms with Gasteiger partial charge in [-0.3, -0.25) is 0 Å². The van der Waals surface area contributed by atoms with Gasteiger partial charge < -0.3 is 14.7 Å². The molecule has 100 valence electrons. The highest BCUT2D eigenvalue weighted by Crippen LogP contribution is 2.39. The summed E-state index contributed by atoms with van der Waals surface area (Å²) in [5.41, 5.74) is 3.07. The van der Waals surface area contributed by atoms with Gasteiger partial charge in [0, 0.05) is 6.54 Å². The molecule has 1 aliphatic rings. The third-order valence-corrected chi connectivity index (χ3v) is 3.75. The van der Waals surface area contributed by atoms with Crippen LogP contribution >= 0.6 is 15.9 Å². The molecule has 1 saturated carbocycles. The number of rotatable bonds is 5. The first kappa shape index (κ1) is 13.6. The maximum Gasteiger partial charge on any atom is 0.175 e. The normalized spacial score (nSPS) is 15.9. The van der Waals surface area contributed by atoms with Gasteiger partial charge in [0.2, 0.25) is 0 Å². The molecule has 2 rings (SSSR count). The maximum atomic E-state index is 8.74. The Balaban J connectivity index is 2.21. The summed E-state index contributed by atoms with van der Waals surface area (Å²) in [5, 5.41) is 8.74. The van der Waals surface area contributed by atoms with Gasteiger partial charge in [-0.05, 0) is 59.3 Å². The molecule has 1 aromatic rings. The molecule has 1 fully saturated rings. The van der Waals surface area contributed by atoms with E-state index < -0.39 is 0 Å². The van der Waals surface area contributed by atoms with Gasteiger partial charge in [-0.15, -0.1) is 0 Å². The van der Waals surface area contributed by atoms with Gasteiger partial charge in [-0.1, -0.05) is 0 Å². The number of hydroxylamine groups is 1. The smallest absolute Gasteiger partial charge is 0.175 e. The van der Waals surface area contributed by atoms with E-state index in [9.17, 15) is 0 Å². The quantitative estimate of drug-likeness (QED) is 0.819. The zero-order chi connectivity index (χ0) is 13.0. The zero-order valence-electron chi connectivity index (χ0n) is 10.4. The van der Waals surface area contributed by atoms with Crippen molar-refractivity contribution in [2.45, 2.75) is 38.3 Å². The Kier molecular flexibility index (Phi) is 4.86. The third-order valence-electron chi connectivity index (χ3n) is 3.16. The topological polar surface area (TPSA) is 50.7 Å². The van der Waals surface area contributed by atoms with Crippen molar-refractivity contribution in [3.05, 3.63) is 22.2 Å². The number of ether oxygens (including phenoxy) is 2. The second-order valence-corrected chi connectivity index (χ2v) is 5.32. The minimum atomic E-state index is 0.289. The maximum absolute atomic E-state index is 8.74. The fraction of sp³-hybridized carbons (Fsp3) is 0.538. The van der Waals surface area contributed by atoms with Crippen molar-refractivity contribution in [1.82, 2.24) is 5.48 Å². The Bertz CT molecular complexity index is 405. The molecule has 0 amide bonds. The van der Waals surface area contributed by atoms with Crippen molar-refractivity contribution in [3.63, 3.8) is 0 Å². The minimum Gasteiger partial charge on any atom is -0.493 e. The Labute approximate surface area is 115 Å². The van der Waals surface area contributed by atoms with Crippen molar-refractivity contribution in [3.8, 4) is 11.5 Å². The summed E-state index contributed by atoms with van der Waals surface area (Å²) in [6.07, 6.45) is 4.97. The molecule has 4 nitrogen and oxygen atoms in total. The van der Waals surface area contributed by atoms with Crippen LogP contribution in [0.4, 0.5) is 0 Å². The largest absolute Gasteiger partial charge is 0.493 e. The van der Waals surface area contributed by atoms with E-state index in [-0.39, 0.29) is 6.10 Å². The monoisotopic (exact) mass is 315 g/mol. The van der Waals surface area contributed by atoms with E-state index in [1.165, 1.54) is 12.8 Å². The second-order valence-electron chi connectivity index (χ2n) is 4.47. The summed E-state index contributed by atoms with van der Waals surface area (Å²) in [7, 11) is 1.62. The molecule has 0 spiro atoms. The molecule has 0 heterocycles. The number of hydrogen-bond acceptors (Lipinski definition) is 4. The van der Waals surface area contributed by atoms with Crippen LogP contribution in [0.25, 0.3) is 0 Å².